The number of nitrogens with two attached hydrogens (primary N) is 4. The number of amides is 3. The highest BCUT2D eigenvalue weighted by atomic mass is 32.2. The number of hydrogen-bond donors (Lipinski definition) is 9. The number of carbonyl (C=O) groups is 6. The number of hydrogen-bond acceptors (Lipinski definition) is 12. The summed E-state index contributed by atoms with van der Waals surface area (Å²) in [6, 6.07) is -3.84. The van der Waals surface area contributed by atoms with Gasteiger partial charge in [0, 0.05) is 24.3 Å². The third kappa shape index (κ3) is 10.4. The van der Waals surface area contributed by atoms with Crippen molar-refractivity contribution in [1.29, 1.82) is 0 Å². The van der Waals surface area contributed by atoms with Crippen LogP contribution in [-0.4, -0.2) is 116 Å². The van der Waals surface area contributed by atoms with Gasteiger partial charge >= 0.3 is 17.9 Å². The lowest BCUT2D eigenvalue weighted by molar-refractivity contribution is -0.151. The van der Waals surface area contributed by atoms with Gasteiger partial charge < -0.3 is 53.6 Å². The lowest BCUT2D eigenvalue weighted by Crippen LogP contribution is -2.70. The van der Waals surface area contributed by atoms with E-state index in [0.717, 1.165) is 16.7 Å². The van der Waals surface area contributed by atoms with Crippen LogP contribution in [-0.2, 0) is 33.5 Å². The van der Waals surface area contributed by atoms with Crippen molar-refractivity contribution < 1.29 is 48.8 Å². The molecule has 13 N–H and O–H groups in total. The fourth-order valence-corrected chi connectivity index (χ4v) is 5.71. The quantitative estimate of drug-likeness (QED) is 0.0230. The molecule has 1 saturated heterocycles. The van der Waals surface area contributed by atoms with Crippen LogP contribution in [0.15, 0.2) is 16.3 Å². The van der Waals surface area contributed by atoms with Gasteiger partial charge in [-0.25, -0.2) is 4.79 Å². The number of aliphatic imine (C=N–C) groups is 1. The van der Waals surface area contributed by atoms with E-state index >= 15 is 0 Å². The zero-order valence-corrected chi connectivity index (χ0v) is 25.0. The summed E-state index contributed by atoms with van der Waals surface area (Å²) in [6.07, 6.45) is -1.15. The first-order valence-corrected chi connectivity index (χ1v) is 14.8. The third-order valence-corrected chi connectivity index (χ3v) is 8.10. The Labute approximate surface area is 256 Å². The first kappa shape index (κ1) is 36.3. The number of rotatable bonds is 18. The highest BCUT2D eigenvalue weighted by Gasteiger charge is 2.54. The van der Waals surface area contributed by atoms with E-state index in [0.29, 0.717) is 6.42 Å². The van der Waals surface area contributed by atoms with Crippen LogP contribution in [0.4, 0.5) is 0 Å². The molecule has 0 aromatic rings. The first-order chi connectivity index (χ1) is 20.6. The molecule has 2 aliphatic heterocycles. The first-order valence-electron chi connectivity index (χ1n) is 13.8. The SMILES string of the molecule is CC(N)C(=O)NC(CCCN=C(N)N)C(O)CC(=O)OCC1=C(C(=O)O)N2C(=O)C(NC(=O)CCCC(N)C(=O)O)C2SC1. The second-order valence-electron chi connectivity index (χ2n) is 10.3. The minimum Gasteiger partial charge on any atom is -0.480 e. The van der Waals surface area contributed by atoms with Crippen LogP contribution in [0.3, 0.4) is 0 Å². The highest BCUT2D eigenvalue weighted by Crippen LogP contribution is 2.40. The zero-order valence-electron chi connectivity index (χ0n) is 24.1. The average Bonchev–Trinajstić information content (AvgIpc) is 2.94. The van der Waals surface area contributed by atoms with Gasteiger partial charge in [0.15, 0.2) is 5.96 Å². The molecule has 2 heterocycles. The number of carbonyl (C=O) groups excluding carboxylic acids is 4. The third-order valence-electron chi connectivity index (χ3n) is 6.76. The standard InChI is InChI=1S/C25H40N8O10S/c1-11(26)20(37)31-14(5-3-7-30-25(28)29)15(34)8-17(36)43-9-12-10-44-22-18(21(38)33(22)19(12)24(41)42)32-16(35)6-2-4-13(27)23(39)40/h11,13-15,18,22,34H,2-10,26-27H2,1H3,(H,31,37)(H,32,35)(H,39,40)(H,41,42)(H4,28,29,30). The Hall–Kier alpha value is -3.94. The molecule has 6 atom stereocenters. The number of carboxylic acid groups (broad SMARTS) is 2. The Morgan fingerprint density at radius 2 is 1.82 bits per heavy atom. The fourth-order valence-electron chi connectivity index (χ4n) is 4.38. The molecule has 0 saturated carbocycles. The minimum absolute atomic E-state index is 0.0666. The second kappa shape index (κ2) is 16.8. The van der Waals surface area contributed by atoms with E-state index in [-0.39, 0.29) is 55.2 Å². The van der Waals surface area contributed by atoms with Crippen molar-refractivity contribution >= 4 is 53.4 Å². The van der Waals surface area contributed by atoms with Crippen molar-refractivity contribution in [3.8, 4) is 0 Å². The van der Waals surface area contributed by atoms with Crippen LogP contribution in [0.2, 0.25) is 0 Å². The maximum absolute atomic E-state index is 12.8. The van der Waals surface area contributed by atoms with E-state index in [9.17, 15) is 39.0 Å². The molecule has 6 unspecified atom stereocenters. The van der Waals surface area contributed by atoms with Gasteiger partial charge in [0.05, 0.1) is 24.6 Å². The molecule has 3 amide bonds. The van der Waals surface area contributed by atoms with Crippen LogP contribution < -0.4 is 33.6 Å². The number of aliphatic hydroxyl groups excluding tert-OH is 1. The predicted molar refractivity (Wildman–Crippen MR) is 156 cm³/mol. The second-order valence-corrected chi connectivity index (χ2v) is 11.4. The van der Waals surface area contributed by atoms with Crippen molar-refractivity contribution in [2.75, 3.05) is 18.9 Å². The minimum atomic E-state index is -1.43. The summed E-state index contributed by atoms with van der Waals surface area (Å²) in [5.41, 5.74) is 21.4. The monoisotopic (exact) mass is 644 g/mol. The molecule has 0 bridgehead atoms. The molecule has 44 heavy (non-hydrogen) atoms. The summed E-state index contributed by atoms with van der Waals surface area (Å²) >= 11 is 1.16. The molecule has 18 nitrogen and oxygen atoms in total. The lowest BCUT2D eigenvalue weighted by atomic mass is 10.0. The van der Waals surface area contributed by atoms with E-state index in [2.05, 4.69) is 15.6 Å². The summed E-state index contributed by atoms with van der Waals surface area (Å²) in [5, 5.41) is 33.7. The molecule has 19 heteroatoms. The van der Waals surface area contributed by atoms with E-state index in [1.807, 2.05) is 0 Å². The zero-order chi connectivity index (χ0) is 33.1. The Bertz CT molecular complexity index is 1180. The van der Waals surface area contributed by atoms with E-state index in [1.54, 1.807) is 0 Å². The number of ether oxygens (including phenoxy) is 1. The number of aliphatic hydroxyl groups is 1. The summed E-state index contributed by atoms with van der Waals surface area (Å²) in [7, 11) is 0. The number of aliphatic carboxylic acids is 2. The summed E-state index contributed by atoms with van der Waals surface area (Å²) in [4.78, 5) is 77.4. The number of nitrogens with zero attached hydrogens (tertiary/aromatic N) is 2. The molecule has 2 aliphatic rings. The van der Waals surface area contributed by atoms with Gasteiger partial charge in [-0.2, -0.15) is 0 Å². The van der Waals surface area contributed by atoms with Crippen LogP contribution in [0, 0.1) is 0 Å². The Kier molecular flexibility index (Phi) is 13.8. The van der Waals surface area contributed by atoms with E-state index in [1.165, 1.54) is 6.92 Å². The molecule has 1 fully saturated rings. The van der Waals surface area contributed by atoms with Crippen molar-refractivity contribution in [2.45, 2.75) is 81.1 Å². The largest absolute Gasteiger partial charge is 0.480 e. The van der Waals surface area contributed by atoms with Crippen molar-refractivity contribution in [2.24, 2.45) is 27.9 Å². The van der Waals surface area contributed by atoms with Crippen molar-refractivity contribution in [3.05, 3.63) is 11.3 Å². The summed E-state index contributed by atoms with van der Waals surface area (Å²) in [5.74, 6) is -5.27. The maximum Gasteiger partial charge on any atom is 0.352 e. The van der Waals surface area contributed by atoms with Crippen LogP contribution in [0.1, 0.15) is 45.4 Å². The number of β-lactam (4-membered cyclic amide) rings is 1. The van der Waals surface area contributed by atoms with Gasteiger partial charge in [-0.05, 0) is 32.6 Å². The number of carboxylic acids is 2. The number of fused-ring (bicyclic) bond motifs is 1. The van der Waals surface area contributed by atoms with Gasteiger partial charge in [0.1, 0.15) is 29.8 Å². The summed E-state index contributed by atoms with van der Waals surface area (Å²) < 4.78 is 5.22. The normalized spacial score (nSPS) is 20.3. The van der Waals surface area contributed by atoms with Gasteiger partial charge in [-0.1, -0.05) is 0 Å². The Morgan fingerprint density at radius 1 is 1.14 bits per heavy atom. The molecule has 0 aliphatic carbocycles. The molecule has 2 rings (SSSR count). The summed E-state index contributed by atoms with van der Waals surface area (Å²) in [6.45, 7) is 1.20. The van der Waals surface area contributed by atoms with Crippen LogP contribution in [0.25, 0.3) is 0 Å². The molecule has 0 aromatic carbocycles. The molecule has 0 spiro atoms. The number of esters is 1. The van der Waals surface area contributed by atoms with Gasteiger partial charge in [-0.3, -0.25) is 33.9 Å². The van der Waals surface area contributed by atoms with Crippen LogP contribution >= 0.6 is 11.8 Å². The van der Waals surface area contributed by atoms with Gasteiger partial charge in [-0.15, -0.1) is 11.8 Å². The predicted octanol–water partition coefficient (Wildman–Crippen LogP) is -3.51. The van der Waals surface area contributed by atoms with Crippen molar-refractivity contribution in [1.82, 2.24) is 15.5 Å². The van der Waals surface area contributed by atoms with Gasteiger partial charge in [0.2, 0.25) is 11.8 Å². The maximum atomic E-state index is 12.8. The number of nitrogens with one attached hydrogen (secondary N) is 2. The molecule has 0 radical (unpaired) electrons. The Balaban J connectivity index is 1.97. The smallest absolute Gasteiger partial charge is 0.352 e. The van der Waals surface area contributed by atoms with E-state index < -0.39 is 84.3 Å². The fraction of sp³-hybridized carbons (Fsp3) is 0.640. The van der Waals surface area contributed by atoms with Crippen LogP contribution in [0.5, 0.6) is 0 Å². The van der Waals surface area contributed by atoms with Gasteiger partial charge in [0.25, 0.3) is 5.91 Å². The lowest BCUT2D eigenvalue weighted by Gasteiger charge is -2.49. The van der Waals surface area contributed by atoms with Crippen molar-refractivity contribution in [3.63, 3.8) is 0 Å². The average molecular weight is 645 g/mol. The van der Waals surface area contributed by atoms with E-state index in [4.69, 9.17) is 32.8 Å². The number of thioether (sulfide) groups is 1. The topological polar surface area (TPSA) is 316 Å². The molecule has 0 aromatic heterocycles. The Morgan fingerprint density at radius 3 is 2.41 bits per heavy atom. The molecular weight excluding hydrogens is 604 g/mol. The molecular formula is C25H40N8O10S. The molecule has 246 valence electrons. The highest BCUT2D eigenvalue weighted by molar-refractivity contribution is 8.00. The number of guanidine groups is 1.